The Bertz CT molecular complexity index is 688. The van der Waals surface area contributed by atoms with Crippen LogP contribution >= 0.6 is 0 Å². The van der Waals surface area contributed by atoms with Gasteiger partial charge in [0.1, 0.15) is 5.75 Å². The first kappa shape index (κ1) is 16.5. The van der Waals surface area contributed by atoms with Gasteiger partial charge in [-0.3, -0.25) is 0 Å². The van der Waals surface area contributed by atoms with Crippen LogP contribution in [0.4, 0.5) is 0 Å². The molecule has 6 heteroatoms. The van der Waals surface area contributed by atoms with Crippen molar-refractivity contribution >= 4 is 5.97 Å². The van der Waals surface area contributed by atoms with Crippen molar-refractivity contribution in [1.82, 2.24) is 14.7 Å². The van der Waals surface area contributed by atoms with Gasteiger partial charge in [0.05, 0.1) is 18.0 Å². The van der Waals surface area contributed by atoms with E-state index in [1.165, 1.54) is 30.6 Å². The summed E-state index contributed by atoms with van der Waals surface area (Å²) in [6, 6.07) is 8.93. The third-order valence-corrected chi connectivity index (χ3v) is 4.22. The topological polar surface area (TPSA) is 67.6 Å². The summed E-state index contributed by atoms with van der Waals surface area (Å²) in [6.07, 6.45) is 3.64. The molecule has 1 aromatic heterocycles. The van der Waals surface area contributed by atoms with Gasteiger partial charge < -0.3 is 14.7 Å². The van der Waals surface area contributed by atoms with Crippen molar-refractivity contribution in [3.05, 3.63) is 41.7 Å². The number of likely N-dealkylation sites (tertiary alicyclic amines) is 1. The highest BCUT2D eigenvalue weighted by atomic mass is 16.5. The molecule has 2 aromatic rings. The van der Waals surface area contributed by atoms with Crippen LogP contribution in [0, 0.1) is 6.92 Å². The Kier molecular flexibility index (Phi) is 5.15. The van der Waals surface area contributed by atoms with E-state index in [0.717, 1.165) is 18.7 Å². The highest BCUT2D eigenvalue weighted by Gasteiger charge is 2.14. The second kappa shape index (κ2) is 7.49. The number of aryl methyl sites for hydroxylation is 1. The Labute approximate surface area is 141 Å². The van der Waals surface area contributed by atoms with Crippen LogP contribution in [0.2, 0.25) is 0 Å². The van der Waals surface area contributed by atoms with E-state index < -0.39 is 5.97 Å². The predicted octanol–water partition coefficient (Wildman–Crippen LogP) is 2.74. The normalized spacial score (nSPS) is 14.9. The van der Waals surface area contributed by atoms with Crippen LogP contribution in [0.1, 0.15) is 35.4 Å². The van der Waals surface area contributed by atoms with Gasteiger partial charge in [-0.1, -0.05) is 0 Å². The summed E-state index contributed by atoms with van der Waals surface area (Å²) in [7, 11) is 0. The zero-order valence-corrected chi connectivity index (χ0v) is 13.9. The summed E-state index contributed by atoms with van der Waals surface area (Å²) in [4.78, 5) is 13.7. The van der Waals surface area contributed by atoms with E-state index in [2.05, 4.69) is 10.00 Å². The molecule has 3 rings (SSSR count). The monoisotopic (exact) mass is 329 g/mol. The number of carboxylic acids is 1. The lowest BCUT2D eigenvalue weighted by Gasteiger charge is -2.14. The molecule has 24 heavy (non-hydrogen) atoms. The SMILES string of the molecule is Cc1cc(C(=O)O)n(-c2ccc(OCCCN3CCCC3)cc2)n1. The first-order valence-corrected chi connectivity index (χ1v) is 8.39. The van der Waals surface area contributed by atoms with E-state index in [1.54, 1.807) is 13.0 Å². The molecule has 0 spiro atoms. The largest absolute Gasteiger partial charge is 0.494 e. The number of aromatic nitrogens is 2. The fourth-order valence-corrected chi connectivity index (χ4v) is 3.02. The molecule has 1 aromatic carbocycles. The molecule has 1 aliphatic rings. The van der Waals surface area contributed by atoms with E-state index >= 15 is 0 Å². The van der Waals surface area contributed by atoms with Crippen molar-refractivity contribution in [3.8, 4) is 11.4 Å². The molecule has 0 amide bonds. The number of carbonyl (C=O) groups is 1. The molecule has 1 aliphatic heterocycles. The van der Waals surface area contributed by atoms with Crippen LogP contribution in [0.3, 0.4) is 0 Å². The first-order valence-electron chi connectivity index (χ1n) is 8.39. The maximum atomic E-state index is 11.3. The van der Waals surface area contributed by atoms with Gasteiger partial charge in [-0.05, 0) is 69.6 Å². The average Bonchev–Trinajstić information content (AvgIpc) is 3.21. The number of hydrogen-bond donors (Lipinski definition) is 1. The number of carboxylic acid groups (broad SMARTS) is 1. The van der Waals surface area contributed by atoms with Crippen LogP contribution in [0.5, 0.6) is 5.75 Å². The Morgan fingerprint density at radius 1 is 1.25 bits per heavy atom. The number of nitrogens with zero attached hydrogens (tertiary/aromatic N) is 3. The molecule has 0 aliphatic carbocycles. The molecule has 1 N–H and O–H groups in total. The van der Waals surface area contributed by atoms with Crippen LogP contribution in [0.15, 0.2) is 30.3 Å². The van der Waals surface area contributed by atoms with Crippen LogP contribution in [-0.2, 0) is 0 Å². The standard InChI is InChI=1S/C18H23N3O3/c1-14-13-17(18(22)23)21(19-14)15-5-7-16(8-6-15)24-12-4-11-20-9-2-3-10-20/h5-8,13H,2-4,9-12H2,1H3,(H,22,23). The lowest BCUT2D eigenvalue weighted by atomic mass is 10.3. The Morgan fingerprint density at radius 3 is 2.62 bits per heavy atom. The summed E-state index contributed by atoms with van der Waals surface area (Å²) in [6.45, 7) is 5.98. The summed E-state index contributed by atoms with van der Waals surface area (Å²) in [5.41, 5.74) is 1.55. The smallest absolute Gasteiger partial charge is 0.354 e. The zero-order chi connectivity index (χ0) is 16.9. The fraction of sp³-hybridized carbons (Fsp3) is 0.444. The van der Waals surface area contributed by atoms with Gasteiger partial charge in [-0.2, -0.15) is 5.10 Å². The molecule has 128 valence electrons. The number of ether oxygens (including phenoxy) is 1. The van der Waals surface area contributed by atoms with Gasteiger partial charge in [0.25, 0.3) is 0 Å². The quantitative estimate of drug-likeness (QED) is 0.791. The van der Waals surface area contributed by atoms with Crippen LogP contribution in [0.25, 0.3) is 5.69 Å². The van der Waals surface area contributed by atoms with Crippen molar-refractivity contribution in [2.75, 3.05) is 26.2 Å². The van der Waals surface area contributed by atoms with Gasteiger partial charge >= 0.3 is 5.97 Å². The third-order valence-electron chi connectivity index (χ3n) is 4.22. The van der Waals surface area contributed by atoms with Gasteiger partial charge in [0.2, 0.25) is 0 Å². The summed E-state index contributed by atoms with van der Waals surface area (Å²) >= 11 is 0. The van der Waals surface area contributed by atoms with Crippen LogP contribution < -0.4 is 4.74 Å². The van der Waals surface area contributed by atoms with E-state index in [0.29, 0.717) is 18.0 Å². The van der Waals surface area contributed by atoms with Gasteiger partial charge in [-0.25, -0.2) is 9.48 Å². The minimum atomic E-state index is -0.988. The minimum Gasteiger partial charge on any atom is -0.494 e. The summed E-state index contributed by atoms with van der Waals surface area (Å²) in [5.74, 6) is -0.196. The van der Waals surface area contributed by atoms with E-state index in [1.807, 2.05) is 24.3 Å². The second-order valence-corrected chi connectivity index (χ2v) is 6.13. The van der Waals surface area contributed by atoms with Crippen molar-refractivity contribution in [2.45, 2.75) is 26.2 Å². The summed E-state index contributed by atoms with van der Waals surface area (Å²) < 4.78 is 7.21. The molecular weight excluding hydrogens is 306 g/mol. The van der Waals surface area contributed by atoms with Crippen LogP contribution in [-0.4, -0.2) is 52.0 Å². The van der Waals surface area contributed by atoms with Gasteiger partial charge in [0, 0.05) is 6.54 Å². The van der Waals surface area contributed by atoms with Gasteiger partial charge in [-0.15, -0.1) is 0 Å². The molecule has 6 nitrogen and oxygen atoms in total. The molecule has 2 heterocycles. The van der Waals surface area contributed by atoms with Crippen molar-refractivity contribution in [1.29, 1.82) is 0 Å². The molecule has 0 saturated carbocycles. The highest BCUT2D eigenvalue weighted by molar-refractivity contribution is 5.86. The third kappa shape index (κ3) is 3.94. The predicted molar refractivity (Wildman–Crippen MR) is 91.0 cm³/mol. The Hall–Kier alpha value is -2.34. The highest BCUT2D eigenvalue weighted by Crippen LogP contribution is 2.18. The van der Waals surface area contributed by atoms with Crippen molar-refractivity contribution < 1.29 is 14.6 Å². The van der Waals surface area contributed by atoms with E-state index in [9.17, 15) is 9.90 Å². The number of rotatable bonds is 7. The molecule has 0 bridgehead atoms. The fourth-order valence-electron chi connectivity index (χ4n) is 3.02. The first-order chi connectivity index (χ1) is 11.6. The number of aromatic carboxylic acids is 1. The van der Waals surface area contributed by atoms with Crippen molar-refractivity contribution in [2.24, 2.45) is 0 Å². The zero-order valence-electron chi connectivity index (χ0n) is 13.9. The average molecular weight is 329 g/mol. The van der Waals surface area contributed by atoms with E-state index in [-0.39, 0.29) is 5.69 Å². The second-order valence-electron chi connectivity index (χ2n) is 6.13. The van der Waals surface area contributed by atoms with Crippen molar-refractivity contribution in [3.63, 3.8) is 0 Å². The molecular formula is C18H23N3O3. The maximum absolute atomic E-state index is 11.3. The molecule has 0 atom stereocenters. The maximum Gasteiger partial charge on any atom is 0.354 e. The number of benzene rings is 1. The minimum absolute atomic E-state index is 0.159. The molecule has 0 radical (unpaired) electrons. The Morgan fingerprint density at radius 2 is 1.96 bits per heavy atom. The lowest BCUT2D eigenvalue weighted by molar-refractivity contribution is 0.0687. The van der Waals surface area contributed by atoms with E-state index in [4.69, 9.17) is 4.74 Å². The molecule has 1 saturated heterocycles. The van der Waals surface area contributed by atoms with Gasteiger partial charge in [0.15, 0.2) is 5.69 Å². The lowest BCUT2D eigenvalue weighted by Crippen LogP contribution is -2.21. The Balaban J connectivity index is 1.56. The molecule has 1 fully saturated rings. The number of hydrogen-bond acceptors (Lipinski definition) is 4. The molecule has 0 unspecified atom stereocenters. The summed E-state index contributed by atoms with van der Waals surface area (Å²) in [5, 5.41) is 13.5.